The molecule has 6 nitrogen and oxygen atoms in total. The third-order valence-corrected chi connectivity index (χ3v) is 6.99. The lowest BCUT2D eigenvalue weighted by atomic mass is 10.2. The minimum absolute atomic E-state index is 0.00281. The molecule has 4 rings (SSSR count). The average molecular weight is 441 g/mol. The molecule has 0 bridgehead atoms. The van der Waals surface area contributed by atoms with Gasteiger partial charge in [0, 0.05) is 29.4 Å². The number of fused-ring (bicyclic) bond motifs is 2. The number of aromatic nitrogens is 4. The van der Waals surface area contributed by atoms with Crippen LogP contribution in [0.2, 0.25) is 0 Å². The normalized spacial score (nSPS) is 11.5. The quantitative estimate of drug-likeness (QED) is 0.227. The lowest BCUT2D eigenvalue weighted by Gasteiger charge is -2.13. The third-order valence-electron chi connectivity index (χ3n) is 5.04. The molecule has 0 aliphatic heterocycles. The molecule has 30 heavy (non-hydrogen) atoms. The summed E-state index contributed by atoms with van der Waals surface area (Å²) in [6.45, 7) is 4.72. The molecule has 0 unspecified atom stereocenters. The van der Waals surface area contributed by atoms with Crippen LogP contribution in [0.4, 0.5) is 0 Å². The molecule has 1 aromatic carbocycles. The average Bonchev–Trinajstić information content (AvgIpc) is 3.12. The van der Waals surface area contributed by atoms with E-state index in [0.29, 0.717) is 39.0 Å². The number of hydrogen-bond donors (Lipinski definition) is 0. The number of unbranched alkanes of at least 4 members (excludes halogenated alkanes) is 3. The van der Waals surface area contributed by atoms with Gasteiger partial charge in [-0.25, -0.2) is 9.97 Å². The standard InChI is InChI=1S/C22H24N4O2S2/c1-3-4-5-8-11-25-20(28)17-9-6-7-10-18(17)24-21(25)30-14-16-12-19(27)26-15(2)13-29-22(26)23-16/h6-7,9-10,12-13H,3-5,8,11,14H2,1-2H3. The molecule has 8 heteroatoms. The Balaban J connectivity index is 1.65. The van der Waals surface area contributed by atoms with Gasteiger partial charge >= 0.3 is 0 Å². The van der Waals surface area contributed by atoms with E-state index in [1.807, 2.05) is 36.6 Å². The van der Waals surface area contributed by atoms with Gasteiger partial charge in [0.1, 0.15) is 0 Å². The number of aryl methyl sites for hydroxylation is 1. The van der Waals surface area contributed by atoms with E-state index in [1.54, 1.807) is 15.0 Å². The molecule has 0 saturated heterocycles. The van der Waals surface area contributed by atoms with Crippen molar-refractivity contribution in [1.29, 1.82) is 0 Å². The van der Waals surface area contributed by atoms with E-state index in [1.165, 1.54) is 23.1 Å². The Kier molecular flexibility index (Phi) is 6.34. The van der Waals surface area contributed by atoms with Crippen molar-refractivity contribution in [3.05, 3.63) is 67.8 Å². The van der Waals surface area contributed by atoms with Crippen molar-refractivity contribution in [3.63, 3.8) is 0 Å². The van der Waals surface area contributed by atoms with Gasteiger partial charge in [-0.2, -0.15) is 0 Å². The van der Waals surface area contributed by atoms with Gasteiger partial charge in [-0.1, -0.05) is 50.1 Å². The molecule has 156 valence electrons. The zero-order valence-corrected chi connectivity index (χ0v) is 18.8. The Morgan fingerprint density at radius 3 is 2.77 bits per heavy atom. The number of rotatable bonds is 8. The minimum atomic E-state index is -0.0715. The Labute approximate surface area is 182 Å². The summed E-state index contributed by atoms with van der Waals surface area (Å²) in [7, 11) is 0. The van der Waals surface area contributed by atoms with E-state index in [4.69, 9.17) is 4.98 Å². The summed E-state index contributed by atoms with van der Waals surface area (Å²) in [5.74, 6) is 0.489. The van der Waals surface area contributed by atoms with Crippen LogP contribution in [0.15, 0.2) is 50.5 Å². The van der Waals surface area contributed by atoms with Crippen LogP contribution in [0.5, 0.6) is 0 Å². The molecule has 0 amide bonds. The highest BCUT2D eigenvalue weighted by atomic mass is 32.2. The smallest absolute Gasteiger partial charge is 0.262 e. The number of benzene rings is 1. The van der Waals surface area contributed by atoms with E-state index in [0.717, 1.165) is 31.4 Å². The first-order valence-corrected chi connectivity index (χ1v) is 12.0. The Bertz CT molecular complexity index is 1310. The maximum Gasteiger partial charge on any atom is 0.262 e. The van der Waals surface area contributed by atoms with E-state index in [2.05, 4.69) is 11.9 Å². The molecular weight excluding hydrogens is 416 g/mol. The lowest BCUT2D eigenvalue weighted by Crippen LogP contribution is -2.23. The van der Waals surface area contributed by atoms with Gasteiger partial charge in [0.15, 0.2) is 10.1 Å². The zero-order chi connectivity index (χ0) is 21.1. The monoisotopic (exact) mass is 440 g/mol. The van der Waals surface area contributed by atoms with Gasteiger partial charge in [-0.3, -0.25) is 18.6 Å². The minimum Gasteiger partial charge on any atom is -0.287 e. The predicted octanol–water partition coefficient (Wildman–Crippen LogP) is 4.65. The summed E-state index contributed by atoms with van der Waals surface area (Å²) in [5.41, 5.74) is 2.22. The second-order valence-corrected chi connectivity index (χ2v) is 9.08. The van der Waals surface area contributed by atoms with Crippen LogP contribution in [0, 0.1) is 6.92 Å². The van der Waals surface area contributed by atoms with Crippen LogP contribution in [0.3, 0.4) is 0 Å². The van der Waals surface area contributed by atoms with E-state index >= 15 is 0 Å². The number of hydrogen-bond acceptors (Lipinski definition) is 6. The van der Waals surface area contributed by atoms with Gasteiger partial charge in [0.2, 0.25) is 0 Å². The molecule has 0 aliphatic rings. The molecule has 0 saturated carbocycles. The summed E-state index contributed by atoms with van der Waals surface area (Å²) in [5, 5.41) is 3.25. The highest BCUT2D eigenvalue weighted by molar-refractivity contribution is 7.98. The van der Waals surface area contributed by atoms with Gasteiger partial charge in [0.05, 0.1) is 16.6 Å². The molecule has 0 radical (unpaired) electrons. The topological polar surface area (TPSA) is 69.3 Å². The Hall–Kier alpha value is -2.45. The molecule has 0 fully saturated rings. The Morgan fingerprint density at radius 2 is 1.93 bits per heavy atom. The van der Waals surface area contributed by atoms with Crippen LogP contribution in [-0.2, 0) is 12.3 Å². The number of nitrogens with zero attached hydrogens (tertiary/aromatic N) is 4. The molecule has 3 aromatic heterocycles. The summed E-state index contributed by atoms with van der Waals surface area (Å²) < 4.78 is 3.40. The van der Waals surface area contributed by atoms with E-state index in [-0.39, 0.29) is 11.1 Å². The zero-order valence-electron chi connectivity index (χ0n) is 17.1. The molecular formula is C22H24N4O2S2. The van der Waals surface area contributed by atoms with Crippen molar-refractivity contribution < 1.29 is 0 Å². The lowest BCUT2D eigenvalue weighted by molar-refractivity contribution is 0.531. The van der Waals surface area contributed by atoms with Gasteiger partial charge in [-0.05, 0) is 25.5 Å². The number of thiazole rings is 1. The van der Waals surface area contributed by atoms with Crippen LogP contribution in [0.25, 0.3) is 15.9 Å². The summed E-state index contributed by atoms with van der Waals surface area (Å²) in [4.78, 5) is 35.6. The first-order valence-electron chi connectivity index (χ1n) is 10.2. The summed E-state index contributed by atoms with van der Waals surface area (Å²) in [6.07, 6.45) is 4.35. The summed E-state index contributed by atoms with van der Waals surface area (Å²) in [6, 6.07) is 9.04. The molecule has 4 aromatic rings. The molecule has 0 N–H and O–H groups in total. The third kappa shape index (κ3) is 4.20. The predicted molar refractivity (Wildman–Crippen MR) is 124 cm³/mol. The van der Waals surface area contributed by atoms with Crippen LogP contribution < -0.4 is 11.1 Å². The maximum atomic E-state index is 13.1. The summed E-state index contributed by atoms with van der Waals surface area (Å²) >= 11 is 2.92. The Morgan fingerprint density at radius 1 is 1.10 bits per heavy atom. The van der Waals surface area contributed by atoms with E-state index < -0.39 is 0 Å². The fraction of sp³-hybridized carbons (Fsp3) is 0.364. The molecule has 0 spiro atoms. The SMILES string of the molecule is CCCCCCn1c(SCc2cc(=O)n3c(C)csc3n2)nc2ccccc2c1=O. The largest absolute Gasteiger partial charge is 0.287 e. The van der Waals surface area contributed by atoms with Crippen molar-refractivity contribution in [2.45, 2.75) is 57.0 Å². The van der Waals surface area contributed by atoms with E-state index in [9.17, 15) is 9.59 Å². The van der Waals surface area contributed by atoms with Gasteiger partial charge in [0.25, 0.3) is 11.1 Å². The van der Waals surface area contributed by atoms with Crippen molar-refractivity contribution in [2.24, 2.45) is 0 Å². The van der Waals surface area contributed by atoms with Crippen molar-refractivity contribution >= 4 is 39.0 Å². The second-order valence-electron chi connectivity index (χ2n) is 7.30. The first-order chi connectivity index (χ1) is 14.6. The number of thioether (sulfide) groups is 1. The van der Waals surface area contributed by atoms with Crippen LogP contribution in [0.1, 0.15) is 44.0 Å². The first kappa shape index (κ1) is 20.8. The molecule has 3 heterocycles. The van der Waals surface area contributed by atoms with Crippen LogP contribution >= 0.6 is 23.1 Å². The van der Waals surface area contributed by atoms with Gasteiger partial charge in [-0.15, -0.1) is 11.3 Å². The molecule has 0 atom stereocenters. The fourth-order valence-electron chi connectivity index (χ4n) is 3.47. The van der Waals surface area contributed by atoms with Crippen LogP contribution in [-0.4, -0.2) is 18.9 Å². The molecule has 0 aliphatic carbocycles. The van der Waals surface area contributed by atoms with Crippen molar-refractivity contribution in [3.8, 4) is 0 Å². The maximum absolute atomic E-state index is 13.1. The van der Waals surface area contributed by atoms with Crippen molar-refractivity contribution in [1.82, 2.24) is 18.9 Å². The van der Waals surface area contributed by atoms with Crippen molar-refractivity contribution in [2.75, 3.05) is 0 Å². The highest BCUT2D eigenvalue weighted by Crippen LogP contribution is 2.22. The van der Waals surface area contributed by atoms with Gasteiger partial charge < -0.3 is 0 Å². The second kappa shape index (κ2) is 9.14. The fourth-order valence-corrected chi connectivity index (χ4v) is 5.27. The number of para-hydroxylation sites is 1. The highest BCUT2D eigenvalue weighted by Gasteiger charge is 2.13.